The first-order valence-electron chi connectivity index (χ1n) is 11.2. The van der Waals surface area contributed by atoms with Crippen LogP contribution in [-0.2, 0) is 6.54 Å². The highest BCUT2D eigenvalue weighted by Gasteiger charge is 2.29. The molecule has 0 aliphatic carbocycles. The molecule has 2 aliphatic rings. The second-order valence-electron chi connectivity index (χ2n) is 8.58. The van der Waals surface area contributed by atoms with Gasteiger partial charge in [0.1, 0.15) is 0 Å². The lowest BCUT2D eigenvalue weighted by Crippen LogP contribution is -2.47. The second-order valence-corrected chi connectivity index (χ2v) is 8.58. The quantitative estimate of drug-likeness (QED) is 0.333. The molecular formula is C23H40IN5. The minimum atomic E-state index is 0. The highest BCUT2D eigenvalue weighted by molar-refractivity contribution is 14.0. The fraction of sp³-hybridized carbons (Fsp3) is 0.696. The Hall–Kier alpha value is -0.860. The standard InChI is InChI=1S/C23H39N5.HI/c1-4-12-27-13-10-20(11-14-27)16-25-23(24-3)26-22-15-19(2)28(18-22)17-21-8-6-5-7-9-21;/h5-9,19-20,22H,4,10-18H2,1-3H3,(H2,24,25,26);1H. The average Bonchev–Trinajstić information content (AvgIpc) is 3.06. The molecule has 0 amide bonds. The van der Waals surface area contributed by atoms with Crippen LogP contribution in [0.1, 0.15) is 45.1 Å². The van der Waals surface area contributed by atoms with E-state index in [-0.39, 0.29) is 24.0 Å². The molecule has 6 heteroatoms. The lowest BCUT2D eigenvalue weighted by molar-refractivity contribution is 0.185. The third-order valence-electron chi connectivity index (χ3n) is 6.30. The highest BCUT2D eigenvalue weighted by Crippen LogP contribution is 2.20. The van der Waals surface area contributed by atoms with Crippen LogP contribution in [0.2, 0.25) is 0 Å². The third-order valence-corrected chi connectivity index (χ3v) is 6.30. The van der Waals surface area contributed by atoms with Crippen molar-refractivity contribution < 1.29 is 0 Å². The molecule has 2 aliphatic heterocycles. The second kappa shape index (κ2) is 12.7. The van der Waals surface area contributed by atoms with Crippen LogP contribution in [0, 0.1) is 5.92 Å². The Kier molecular flexibility index (Phi) is 10.7. The van der Waals surface area contributed by atoms with Crippen LogP contribution in [0.15, 0.2) is 35.3 Å². The zero-order valence-electron chi connectivity index (χ0n) is 18.4. The molecule has 164 valence electrons. The third kappa shape index (κ3) is 7.72. The molecule has 2 saturated heterocycles. The van der Waals surface area contributed by atoms with Gasteiger partial charge < -0.3 is 15.5 Å². The Morgan fingerprint density at radius 1 is 1.17 bits per heavy atom. The summed E-state index contributed by atoms with van der Waals surface area (Å²) < 4.78 is 0. The molecular weight excluding hydrogens is 473 g/mol. The number of nitrogens with zero attached hydrogens (tertiary/aromatic N) is 3. The molecule has 0 bridgehead atoms. The smallest absolute Gasteiger partial charge is 0.191 e. The van der Waals surface area contributed by atoms with Crippen molar-refractivity contribution in [3.05, 3.63) is 35.9 Å². The minimum absolute atomic E-state index is 0. The van der Waals surface area contributed by atoms with E-state index in [0.717, 1.165) is 31.5 Å². The molecule has 5 nitrogen and oxygen atoms in total. The number of halogens is 1. The summed E-state index contributed by atoms with van der Waals surface area (Å²) in [7, 11) is 1.89. The van der Waals surface area contributed by atoms with E-state index in [9.17, 15) is 0 Å². The molecule has 0 radical (unpaired) electrons. The minimum Gasteiger partial charge on any atom is -0.356 e. The van der Waals surface area contributed by atoms with E-state index in [1.165, 1.54) is 50.9 Å². The lowest BCUT2D eigenvalue weighted by Gasteiger charge is -2.32. The Bertz CT molecular complexity index is 601. The first kappa shape index (κ1) is 24.4. The maximum atomic E-state index is 4.48. The van der Waals surface area contributed by atoms with E-state index in [0.29, 0.717) is 12.1 Å². The van der Waals surface area contributed by atoms with Gasteiger partial charge in [0, 0.05) is 38.8 Å². The summed E-state index contributed by atoms with van der Waals surface area (Å²) in [5, 5.41) is 7.26. The lowest BCUT2D eigenvalue weighted by atomic mass is 9.97. The summed E-state index contributed by atoms with van der Waals surface area (Å²) in [5.41, 5.74) is 1.40. The number of likely N-dealkylation sites (tertiary alicyclic amines) is 2. The van der Waals surface area contributed by atoms with Gasteiger partial charge in [0.15, 0.2) is 5.96 Å². The fourth-order valence-corrected chi connectivity index (χ4v) is 4.60. The molecule has 1 aromatic rings. The predicted molar refractivity (Wildman–Crippen MR) is 134 cm³/mol. The molecule has 2 heterocycles. The van der Waals surface area contributed by atoms with E-state index >= 15 is 0 Å². The van der Waals surface area contributed by atoms with Gasteiger partial charge in [-0.05, 0) is 63.7 Å². The largest absolute Gasteiger partial charge is 0.356 e. The van der Waals surface area contributed by atoms with Crippen molar-refractivity contribution in [2.45, 2.75) is 58.2 Å². The van der Waals surface area contributed by atoms with E-state index in [1.54, 1.807) is 0 Å². The van der Waals surface area contributed by atoms with Crippen LogP contribution in [0.5, 0.6) is 0 Å². The molecule has 3 rings (SSSR count). The monoisotopic (exact) mass is 513 g/mol. The topological polar surface area (TPSA) is 42.9 Å². The van der Waals surface area contributed by atoms with Gasteiger partial charge in [0.05, 0.1) is 0 Å². The average molecular weight is 514 g/mol. The first-order chi connectivity index (χ1) is 13.7. The van der Waals surface area contributed by atoms with Crippen LogP contribution in [0.4, 0.5) is 0 Å². The summed E-state index contributed by atoms with van der Waals surface area (Å²) in [6.07, 6.45) is 5.04. The van der Waals surface area contributed by atoms with Gasteiger partial charge in [0.2, 0.25) is 0 Å². The molecule has 2 atom stereocenters. The normalized spacial score (nSPS) is 24.3. The molecule has 2 N–H and O–H groups in total. The van der Waals surface area contributed by atoms with Gasteiger partial charge in [0.25, 0.3) is 0 Å². The highest BCUT2D eigenvalue weighted by atomic mass is 127. The molecule has 1 aromatic carbocycles. The number of hydrogen-bond donors (Lipinski definition) is 2. The molecule has 2 fully saturated rings. The maximum Gasteiger partial charge on any atom is 0.191 e. The molecule has 2 unspecified atom stereocenters. The Labute approximate surface area is 194 Å². The molecule has 0 saturated carbocycles. The SMILES string of the molecule is CCCN1CCC(CNC(=NC)NC2CC(C)N(Cc3ccccc3)C2)CC1.I. The van der Waals surface area contributed by atoms with Crippen molar-refractivity contribution in [1.82, 2.24) is 20.4 Å². The zero-order valence-corrected chi connectivity index (χ0v) is 20.8. The molecule has 29 heavy (non-hydrogen) atoms. The van der Waals surface area contributed by atoms with Crippen molar-refractivity contribution in [3.8, 4) is 0 Å². The van der Waals surface area contributed by atoms with E-state index in [1.807, 2.05) is 7.05 Å². The van der Waals surface area contributed by atoms with E-state index in [2.05, 4.69) is 69.6 Å². The number of guanidine groups is 1. The van der Waals surface area contributed by atoms with E-state index in [4.69, 9.17) is 0 Å². The Morgan fingerprint density at radius 2 is 1.90 bits per heavy atom. The van der Waals surface area contributed by atoms with Crippen LogP contribution >= 0.6 is 24.0 Å². The number of nitrogens with one attached hydrogen (secondary N) is 2. The van der Waals surface area contributed by atoms with Gasteiger partial charge in [-0.3, -0.25) is 9.89 Å². The Balaban J connectivity index is 0.00000300. The molecule has 0 spiro atoms. The van der Waals surface area contributed by atoms with Crippen LogP contribution < -0.4 is 10.6 Å². The van der Waals surface area contributed by atoms with Crippen molar-refractivity contribution >= 4 is 29.9 Å². The summed E-state index contributed by atoms with van der Waals surface area (Å²) in [6, 6.07) is 11.9. The van der Waals surface area contributed by atoms with Crippen molar-refractivity contribution in [2.75, 3.05) is 39.8 Å². The number of benzene rings is 1. The number of hydrogen-bond acceptors (Lipinski definition) is 3. The van der Waals surface area contributed by atoms with Gasteiger partial charge >= 0.3 is 0 Å². The van der Waals surface area contributed by atoms with Crippen molar-refractivity contribution in [3.63, 3.8) is 0 Å². The van der Waals surface area contributed by atoms with Crippen molar-refractivity contribution in [2.24, 2.45) is 10.9 Å². The summed E-state index contributed by atoms with van der Waals surface area (Å²) in [5.74, 6) is 1.73. The maximum absolute atomic E-state index is 4.48. The summed E-state index contributed by atoms with van der Waals surface area (Å²) in [4.78, 5) is 9.66. The van der Waals surface area contributed by atoms with Crippen molar-refractivity contribution in [1.29, 1.82) is 0 Å². The summed E-state index contributed by atoms with van der Waals surface area (Å²) in [6.45, 7) is 11.5. The van der Waals surface area contributed by atoms with Gasteiger partial charge in [-0.25, -0.2) is 0 Å². The van der Waals surface area contributed by atoms with Crippen LogP contribution in [-0.4, -0.2) is 67.6 Å². The zero-order chi connectivity index (χ0) is 19.8. The van der Waals surface area contributed by atoms with E-state index < -0.39 is 0 Å². The number of piperidine rings is 1. The van der Waals surface area contributed by atoms with Crippen LogP contribution in [0.3, 0.4) is 0 Å². The van der Waals surface area contributed by atoms with Gasteiger partial charge in [-0.15, -0.1) is 24.0 Å². The van der Waals surface area contributed by atoms with Gasteiger partial charge in [-0.2, -0.15) is 0 Å². The Morgan fingerprint density at radius 3 is 2.55 bits per heavy atom. The molecule has 0 aromatic heterocycles. The van der Waals surface area contributed by atoms with Gasteiger partial charge in [-0.1, -0.05) is 37.3 Å². The number of aliphatic imine (C=N–C) groups is 1. The summed E-state index contributed by atoms with van der Waals surface area (Å²) >= 11 is 0. The van der Waals surface area contributed by atoms with Crippen LogP contribution in [0.25, 0.3) is 0 Å². The predicted octanol–water partition coefficient (Wildman–Crippen LogP) is 3.55. The number of rotatable bonds is 7. The fourth-order valence-electron chi connectivity index (χ4n) is 4.60. The first-order valence-corrected chi connectivity index (χ1v) is 11.2.